The van der Waals surface area contributed by atoms with Gasteiger partial charge in [-0.1, -0.05) is 37.3 Å². The Morgan fingerprint density at radius 3 is 2.24 bits per heavy atom. The van der Waals surface area contributed by atoms with E-state index >= 15 is 0 Å². The Morgan fingerprint density at radius 2 is 1.61 bits per heavy atom. The number of hydrogen-bond donors (Lipinski definition) is 1. The van der Waals surface area contributed by atoms with Gasteiger partial charge >= 0.3 is 0 Å². The van der Waals surface area contributed by atoms with Crippen LogP contribution in [0.3, 0.4) is 0 Å². The van der Waals surface area contributed by atoms with Crippen LogP contribution >= 0.6 is 0 Å². The molecule has 38 heavy (non-hydrogen) atoms. The van der Waals surface area contributed by atoms with Crippen LogP contribution in [0, 0.1) is 0 Å². The number of ether oxygens (including phenoxy) is 3. The quantitative estimate of drug-likeness (QED) is 0.206. The molecule has 7 heteroatoms. The first kappa shape index (κ1) is 26.8. The van der Waals surface area contributed by atoms with Crippen LogP contribution in [0.2, 0.25) is 0 Å². The summed E-state index contributed by atoms with van der Waals surface area (Å²) in [6.45, 7) is 6.61. The first-order valence-corrected chi connectivity index (χ1v) is 12.7. The van der Waals surface area contributed by atoms with Gasteiger partial charge < -0.3 is 24.2 Å². The van der Waals surface area contributed by atoms with E-state index < -0.39 is 17.7 Å². The Bertz CT molecular complexity index is 1310. The van der Waals surface area contributed by atoms with E-state index in [9.17, 15) is 14.7 Å². The number of ketones is 1. The molecular formula is C31H33NO6. The second kappa shape index (κ2) is 11.9. The van der Waals surface area contributed by atoms with Gasteiger partial charge in [-0.25, -0.2) is 0 Å². The first-order valence-electron chi connectivity index (χ1n) is 12.7. The maximum absolute atomic E-state index is 13.4. The van der Waals surface area contributed by atoms with E-state index in [-0.39, 0.29) is 24.0 Å². The van der Waals surface area contributed by atoms with Crippen molar-refractivity contribution in [1.29, 1.82) is 0 Å². The van der Waals surface area contributed by atoms with E-state index in [1.54, 1.807) is 49.6 Å². The third-order valence-electron chi connectivity index (χ3n) is 6.24. The molecule has 0 aromatic heterocycles. The number of carbonyl (C=O) groups is 2. The molecule has 1 amide bonds. The number of benzene rings is 3. The van der Waals surface area contributed by atoms with Crippen LogP contribution in [0.1, 0.15) is 49.9 Å². The van der Waals surface area contributed by atoms with Crippen LogP contribution in [0.4, 0.5) is 0 Å². The van der Waals surface area contributed by atoms with Gasteiger partial charge in [0.15, 0.2) is 0 Å². The smallest absolute Gasteiger partial charge is 0.295 e. The van der Waals surface area contributed by atoms with Crippen molar-refractivity contribution in [3.05, 3.63) is 95.1 Å². The summed E-state index contributed by atoms with van der Waals surface area (Å²) in [4.78, 5) is 28.2. The molecule has 1 fully saturated rings. The summed E-state index contributed by atoms with van der Waals surface area (Å²) in [6, 6.07) is 20.6. The number of para-hydroxylation sites is 1. The highest BCUT2D eigenvalue weighted by molar-refractivity contribution is 6.46. The highest BCUT2D eigenvalue weighted by Gasteiger charge is 2.46. The number of aliphatic hydroxyl groups excluding tert-OH is 1. The SMILES string of the molecule is CCCOc1ccc(/C(O)=C2\C(=O)C(=O)N(Cc3ccccc3OC)C2c2ccc(OC(C)C)cc2)cc1. The number of aliphatic hydroxyl groups is 1. The molecule has 198 valence electrons. The molecule has 0 saturated carbocycles. The fraction of sp³-hybridized carbons (Fsp3) is 0.290. The summed E-state index contributed by atoms with van der Waals surface area (Å²) >= 11 is 0. The number of hydrogen-bond acceptors (Lipinski definition) is 6. The molecule has 3 aromatic rings. The zero-order valence-electron chi connectivity index (χ0n) is 22.1. The molecule has 1 aliphatic heterocycles. The minimum Gasteiger partial charge on any atom is -0.507 e. The number of nitrogens with zero attached hydrogens (tertiary/aromatic N) is 1. The molecule has 1 aliphatic rings. The predicted octanol–water partition coefficient (Wildman–Crippen LogP) is 5.89. The molecule has 0 bridgehead atoms. The van der Waals surface area contributed by atoms with Crippen molar-refractivity contribution in [3.8, 4) is 17.2 Å². The number of rotatable bonds is 10. The van der Waals surface area contributed by atoms with Crippen molar-refractivity contribution < 1.29 is 28.9 Å². The predicted molar refractivity (Wildman–Crippen MR) is 145 cm³/mol. The zero-order chi connectivity index (χ0) is 27.2. The van der Waals surface area contributed by atoms with Crippen molar-refractivity contribution >= 4 is 17.4 Å². The van der Waals surface area contributed by atoms with Crippen molar-refractivity contribution in [3.63, 3.8) is 0 Å². The van der Waals surface area contributed by atoms with Gasteiger partial charge in [-0.15, -0.1) is 0 Å². The fourth-order valence-corrected chi connectivity index (χ4v) is 4.49. The van der Waals surface area contributed by atoms with Crippen molar-refractivity contribution in [1.82, 2.24) is 4.90 Å². The molecule has 1 heterocycles. The lowest BCUT2D eigenvalue weighted by molar-refractivity contribution is -0.140. The van der Waals surface area contributed by atoms with Crippen LogP contribution < -0.4 is 14.2 Å². The minimum absolute atomic E-state index is 0.00121. The molecule has 0 radical (unpaired) electrons. The molecule has 1 N–H and O–H groups in total. The molecule has 1 saturated heterocycles. The normalized spacial score (nSPS) is 16.7. The summed E-state index contributed by atoms with van der Waals surface area (Å²) in [6.07, 6.45) is 0.875. The molecular weight excluding hydrogens is 482 g/mol. The van der Waals surface area contributed by atoms with Crippen LogP contribution in [0.5, 0.6) is 17.2 Å². The molecule has 7 nitrogen and oxygen atoms in total. The summed E-state index contributed by atoms with van der Waals surface area (Å²) in [5, 5.41) is 11.4. The highest BCUT2D eigenvalue weighted by Crippen LogP contribution is 2.41. The number of Topliss-reactive ketones (excluding diaryl/α,β-unsaturated/α-hetero) is 1. The molecule has 1 atom stereocenters. The topological polar surface area (TPSA) is 85.3 Å². The number of likely N-dealkylation sites (tertiary alicyclic amines) is 1. The Hall–Kier alpha value is -4.26. The van der Waals surface area contributed by atoms with Gasteiger partial charge in [-0.3, -0.25) is 9.59 Å². The van der Waals surface area contributed by atoms with E-state index in [1.165, 1.54) is 4.90 Å². The van der Waals surface area contributed by atoms with E-state index in [2.05, 4.69) is 0 Å². The van der Waals surface area contributed by atoms with E-state index in [4.69, 9.17) is 14.2 Å². The second-order valence-corrected chi connectivity index (χ2v) is 9.35. The Kier molecular flexibility index (Phi) is 8.36. The van der Waals surface area contributed by atoms with Crippen molar-refractivity contribution in [2.75, 3.05) is 13.7 Å². The Labute approximate surface area is 223 Å². The average molecular weight is 516 g/mol. The third-order valence-corrected chi connectivity index (χ3v) is 6.24. The standard InChI is InChI=1S/C31H33NO6/c1-5-18-37-24-14-12-22(13-15-24)29(33)27-28(21-10-16-25(17-11-21)38-20(2)3)32(31(35)30(27)34)19-23-8-6-7-9-26(23)36-4/h6-17,20,28,33H,5,18-19H2,1-4H3/b29-27+. The van der Waals surface area contributed by atoms with Gasteiger partial charge in [-0.05, 0) is 68.3 Å². The van der Waals surface area contributed by atoms with E-state index in [1.807, 2.05) is 51.1 Å². The van der Waals surface area contributed by atoms with Crippen LogP contribution in [0.25, 0.3) is 5.76 Å². The Morgan fingerprint density at radius 1 is 0.947 bits per heavy atom. The maximum Gasteiger partial charge on any atom is 0.295 e. The summed E-state index contributed by atoms with van der Waals surface area (Å²) in [5.41, 5.74) is 1.89. The first-order chi connectivity index (χ1) is 18.3. The monoisotopic (exact) mass is 515 g/mol. The van der Waals surface area contributed by atoms with E-state index in [0.29, 0.717) is 35.0 Å². The Balaban J connectivity index is 1.79. The van der Waals surface area contributed by atoms with E-state index in [0.717, 1.165) is 12.0 Å². The number of methoxy groups -OCH3 is 1. The number of amides is 1. The van der Waals surface area contributed by atoms with Gasteiger partial charge in [0.1, 0.15) is 23.0 Å². The maximum atomic E-state index is 13.4. The highest BCUT2D eigenvalue weighted by atomic mass is 16.5. The number of carbonyl (C=O) groups excluding carboxylic acids is 2. The molecule has 0 aliphatic carbocycles. The minimum atomic E-state index is -0.802. The van der Waals surface area contributed by atoms with Crippen molar-refractivity contribution in [2.24, 2.45) is 0 Å². The molecule has 4 rings (SSSR count). The summed E-state index contributed by atoms with van der Waals surface area (Å²) < 4.78 is 16.9. The fourth-order valence-electron chi connectivity index (χ4n) is 4.49. The largest absolute Gasteiger partial charge is 0.507 e. The summed E-state index contributed by atoms with van der Waals surface area (Å²) in [7, 11) is 1.56. The lowest BCUT2D eigenvalue weighted by atomic mass is 9.95. The van der Waals surface area contributed by atoms with Gasteiger partial charge in [-0.2, -0.15) is 0 Å². The summed E-state index contributed by atoms with van der Waals surface area (Å²) in [5.74, 6) is 0.284. The van der Waals surface area contributed by atoms with Crippen LogP contribution in [-0.4, -0.2) is 41.5 Å². The molecule has 0 spiro atoms. The van der Waals surface area contributed by atoms with Crippen LogP contribution in [-0.2, 0) is 16.1 Å². The van der Waals surface area contributed by atoms with Crippen molar-refractivity contribution in [2.45, 2.75) is 45.9 Å². The second-order valence-electron chi connectivity index (χ2n) is 9.35. The van der Waals surface area contributed by atoms with Gasteiger partial charge in [0, 0.05) is 11.1 Å². The van der Waals surface area contributed by atoms with Crippen LogP contribution in [0.15, 0.2) is 78.4 Å². The van der Waals surface area contributed by atoms with Gasteiger partial charge in [0.25, 0.3) is 11.7 Å². The molecule has 1 unspecified atom stereocenters. The zero-order valence-corrected chi connectivity index (χ0v) is 22.1. The van der Waals surface area contributed by atoms with Gasteiger partial charge in [0.05, 0.1) is 38.0 Å². The van der Waals surface area contributed by atoms with Gasteiger partial charge in [0.2, 0.25) is 0 Å². The third kappa shape index (κ3) is 5.67. The lowest BCUT2D eigenvalue weighted by Gasteiger charge is -2.26. The lowest BCUT2D eigenvalue weighted by Crippen LogP contribution is -2.29. The molecule has 3 aromatic carbocycles. The average Bonchev–Trinajstić information content (AvgIpc) is 3.17.